The fourth-order valence-corrected chi connectivity index (χ4v) is 3.46. The van der Waals surface area contributed by atoms with E-state index in [-0.39, 0.29) is 12.3 Å². The number of aryl methyl sites for hydroxylation is 4. The Hall–Kier alpha value is -3.74. The average Bonchev–Trinajstić information content (AvgIpc) is 3.06. The van der Waals surface area contributed by atoms with E-state index in [1.54, 1.807) is 7.05 Å². The summed E-state index contributed by atoms with van der Waals surface area (Å²) in [6, 6.07) is 17.8. The first kappa shape index (κ1) is 19.6. The molecule has 0 spiro atoms. The van der Waals surface area contributed by atoms with Crippen LogP contribution >= 0.6 is 0 Å². The van der Waals surface area contributed by atoms with Crippen molar-refractivity contribution in [1.82, 2.24) is 24.8 Å². The Bertz CT molecular complexity index is 1270. The van der Waals surface area contributed by atoms with Crippen molar-refractivity contribution in [2.24, 2.45) is 7.05 Å². The van der Waals surface area contributed by atoms with Crippen LogP contribution in [0, 0.1) is 20.8 Å². The van der Waals surface area contributed by atoms with Crippen LogP contribution in [-0.2, 0) is 13.7 Å². The largest absolute Gasteiger partial charge is 0.473 e. The molecule has 7 heteroatoms. The van der Waals surface area contributed by atoms with Gasteiger partial charge in [-0.25, -0.2) is 9.78 Å². The minimum absolute atomic E-state index is 0.265. The molecule has 0 bridgehead atoms. The van der Waals surface area contributed by atoms with Gasteiger partial charge in [-0.15, -0.1) is 0 Å². The topological polar surface area (TPSA) is 74.8 Å². The molecule has 0 aliphatic rings. The third-order valence-electron chi connectivity index (χ3n) is 5.20. The fourth-order valence-electron chi connectivity index (χ4n) is 3.46. The number of benzene rings is 2. The molecule has 2 aromatic carbocycles. The number of pyridine rings is 1. The van der Waals surface area contributed by atoms with Gasteiger partial charge in [0, 0.05) is 29.9 Å². The third-order valence-corrected chi connectivity index (χ3v) is 5.20. The van der Waals surface area contributed by atoms with Crippen molar-refractivity contribution in [2.75, 3.05) is 0 Å². The Labute approximate surface area is 174 Å². The number of hydrogen-bond donors (Lipinski definition) is 0. The summed E-state index contributed by atoms with van der Waals surface area (Å²) in [5.74, 6) is 0.533. The van der Waals surface area contributed by atoms with Gasteiger partial charge >= 0.3 is 5.69 Å². The first-order valence-electron chi connectivity index (χ1n) is 9.70. The van der Waals surface area contributed by atoms with E-state index >= 15 is 0 Å². The summed E-state index contributed by atoms with van der Waals surface area (Å²) in [4.78, 5) is 16.9. The van der Waals surface area contributed by atoms with E-state index in [0.29, 0.717) is 11.6 Å². The highest BCUT2D eigenvalue weighted by Crippen LogP contribution is 2.27. The summed E-state index contributed by atoms with van der Waals surface area (Å²) in [5.41, 5.74) is 6.56. The predicted octanol–water partition coefficient (Wildman–Crippen LogP) is 3.53. The molecule has 152 valence electrons. The van der Waals surface area contributed by atoms with Gasteiger partial charge in [-0.3, -0.25) is 0 Å². The van der Waals surface area contributed by atoms with Crippen molar-refractivity contribution in [3.05, 3.63) is 87.5 Å². The van der Waals surface area contributed by atoms with Crippen LogP contribution in [0.15, 0.2) is 59.4 Å². The molecule has 2 aromatic heterocycles. The summed E-state index contributed by atoms with van der Waals surface area (Å²) < 4.78 is 8.48. The zero-order valence-corrected chi connectivity index (χ0v) is 17.5. The van der Waals surface area contributed by atoms with E-state index in [2.05, 4.69) is 34.5 Å². The molecule has 0 fully saturated rings. The van der Waals surface area contributed by atoms with Crippen molar-refractivity contribution in [1.29, 1.82) is 0 Å². The van der Waals surface area contributed by atoms with Crippen molar-refractivity contribution < 1.29 is 4.74 Å². The lowest BCUT2D eigenvalue weighted by molar-refractivity contribution is 0.292. The maximum absolute atomic E-state index is 12.3. The summed E-state index contributed by atoms with van der Waals surface area (Å²) >= 11 is 0. The van der Waals surface area contributed by atoms with Crippen LogP contribution in [-0.4, -0.2) is 24.8 Å². The Morgan fingerprint density at radius 3 is 2.33 bits per heavy atom. The zero-order valence-electron chi connectivity index (χ0n) is 17.5. The van der Waals surface area contributed by atoms with E-state index in [0.717, 1.165) is 27.9 Å². The molecule has 0 aliphatic heterocycles. The van der Waals surface area contributed by atoms with E-state index < -0.39 is 0 Å². The van der Waals surface area contributed by atoms with Crippen LogP contribution in [0.5, 0.6) is 5.88 Å². The van der Waals surface area contributed by atoms with Crippen LogP contribution in [0.3, 0.4) is 0 Å². The summed E-state index contributed by atoms with van der Waals surface area (Å²) in [6.07, 6.45) is 0. The van der Waals surface area contributed by atoms with Gasteiger partial charge in [0.25, 0.3) is 0 Å². The lowest BCUT2D eigenvalue weighted by atomic mass is 10.00. The zero-order chi connectivity index (χ0) is 21.3. The van der Waals surface area contributed by atoms with E-state index in [1.165, 1.54) is 14.9 Å². The standard InChI is InChI=1S/C23H23N5O2/c1-15-8-5-6-10-18(15)19-12-13-22(24-17(19)3)30-14-20-16(2)9-7-11-21(20)28-23(29)27(4)25-26-28/h5-13H,14H2,1-4H3. The molecular weight excluding hydrogens is 378 g/mol. The van der Waals surface area contributed by atoms with Gasteiger partial charge in [-0.1, -0.05) is 36.4 Å². The van der Waals surface area contributed by atoms with E-state index in [9.17, 15) is 4.79 Å². The molecule has 0 unspecified atom stereocenters. The van der Waals surface area contributed by atoms with E-state index in [4.69, 9.17) is 4.74 Å². The first-order chi connectivity index (χ1) is 14.5. The van der Waals surface area contributed by atoms with Crippen LogP contribution in [0.25, 0.3) is 16.8 Å². The first-order valence-corrected chi connectivity index (χ1v) is 9.70. The highest BCUT2D eigenvalue weighted by Gasteiger charge is 2.14. The molecular formula is C23H23N5O2. The lowest BCUT2D eigenvalue weighted by Gasteiger charge is -2.14. The quantitative estimate of drug-likeness (QED) is 0.511. The summed E-state index contributed by atoms with van der Waals surface area (Å²) in [6.45, 7) is 6.31. The molecule has 0 saturated heterocycles. The monoisotopic (exact) mass is 401 g/mol. The Balaban J connectivity index is 1.62. The van der Waals surface area contributed by atoms with Crippen LogP contribution in [0.1, 0.15) is 22.4 Å². The fraction of sp³-hybridized carbons (Fsp3) is 0.217. The summed E-state index contributed by atoms with van der Waals surface area (Å²) in [5, 5.41) is 7.76. The van der Waals surface area contributed by atoms with Crippen molar-refractivity contribution in [3.8, 4) is 22.7 Å². The molecule has 0 amide bonds. The molecule has 2 heterocycles. The molecule has 0 atom stereocenters. The number of nitrogens with zero attached hydrogens (tertiary/aromatic N) is 5. The molecule has 4 rings (SSSR count). The average molecular weight is 401 g/mol. The molecule has 4 aromatic rings. The second kappa shape index (κ2) is 7.94. The minimum atomic E-state index is -0.307. The molecule has 0 saturated carbocycles. The number of aromatic nitrogens is 5. The maximum Gasteiger partial charge on any atom is 0.368 e. The van der Waals surface area contributed by atoms with Crippen LogP contribution < -0.4 is 10.4 Å². The molecule has 0 radical (unpaired) electrons. The number of rotatable bonds is 5. The highest BCUT2D eigenvalue weighted by atomic mass is 16.5. The van der Waals surface area contributed by atoms with Crippen molar-refractivity contribution >= 4 is 0 Å². The summed E-state index contributed by atoms with van der Waals surface area (Å²) in [7, 11) is 1.57. The van der Waals surface area contributed by atoms with Crippen molar-refractivity contribution in [2.45, 2.75) is 27.4 Å². The highest BCUT2D eigenvalue weighted by molar-refractivity contribution is 5.69. The van der Waals surface area contributed by atoms with Gasteiger partial charge in [0.1, 0.15) is 6.61 Å². The van der Waals surface area contributed by atoms with Gasteiger partial charge in [-0.2, -0.15) is 9.36 Å². The smallest absolute Gasteiger partial charge is 0.368 e. The van der Waals surface area contributed by atoms with Gasteiger partial charge in [0.2, 0.25) is 5.88 Å². The van der Waals surface area contributed by atoms with Gasteiger partial charge in [-0.05, 0) is 60.0 Å². The minimum Gasteiger partial charge on any atom is -0.473 e. The van der Waals surface area contributed by atoms with Gasteiger partial charge in [0.15, 0.2) is 0 Å². The second-order valence-corrected chi connectivity index (χ2v) is 7.26. The number of hydrogen-bond acceptors (Lipinski definition) is 5. The molecule has 0 aliphatic carbocycles. The van der Waals surface area contributed by atoms with E-state index in [1.807, 2.05) is 56.3 Å². The van der Waals surface area contributed by atoms with Crippen LogP contribution in [0.2, 0.25) is 0 Å². The molecule has 30 heavy (non-hydrogen) atoms. The molecule has 7 nitrogen and oxygen atoms in total. The van der Waals surface area contributed by atoms with Crippen LogP contribution in [0.4, 0.5) is 0 Å². The predicted molar refractivity (Wildman–Crippen MR) is 115 cm³/mol. The normalized spacial score (nSPS) is 10.9. The Morgan fingerprint density at radius 1 is 0.867 bits per heavy atom. The number of ether oxygens (including phenoxy) is 1. The Kier molecular flexibility index (Phi) is 5.18. The van der Waals surface area contributed by atoms with Crippen molar-refractivity contribution in [3.63, 3.8) is 0 Å². The van der Waals surface area contributed by atoms with Gasteiger partial charge in [0.05, 0.1) is 5.69 Å². The van der Waals surface area contributed by atoms with Gasteiger partial charge < -0.3 is 4.74 Å². The maximum atomic E-state index is 12.3. The SMILES string of the molecule is Cc1ccccc1-c1ccc(OCc2c(C)cccc2-n2nnn(C)c2=O)nc1C. The number of tetrazole rings is 1. The Morgan fingerprint density at radius 2 is 1.63 bits per heavy atom. The molecule has 0 N–H and O–H groups in total. The lowest BCUT2D eigenvalue weighted by Crippen LogP contribution is -2.23. The third kappa shape index (κ3) is 3.61. The second-order valence-electron chi connectivity index (χ2n) is 7.26.